The Morgan fingerprint density at radius 3 is 2.53 bits per heavy atom. The van der Waals surface area contributed by atoms with E-state index in [-0.39, 0.29) is 5.41 Å². The van der Waals surface area contributed by atoms with Crippen LogP contribution in [0, 0.1) is 5.92 Å². The number of hydrogen-bond donors (Lipinski definition) is 2. The molecule has 2 aromatic carbocycles. The fraction of sp³-hybridized carbons (Fsp3) is 0.483. The first-order valence-corrected chi connectivity index (χ1v) is 13.2. The quantitative estimate of drug-likeness (QED) is 0.439. The van der Waals surface area contributed by atoms with Crippen LogP contribution in [0.5, 0.6) is 0 Å². The number of carboxylic acid groups (broad SMARTS) is 1. The van der Waals surface area contributed by atoms with Crippen LogP contribution in [0.1, 0.15) is 71.2 Å². The van der Waals surface area contributed by atoms with Gasteiger partial charge >= 0.3 is 5.97 Å². The topological polar surface area (TPSA) is 91.5 Å². The van der Waals surface area contributed by atoms with Gasteiger partial charge in [-0.25, -0.2) is 4.79 Å². The second-order valence-electron chi connectivity index (χ2n) is 11.0. The summed E-state index contributed by atoms with van der Waals surface area (Å²) in [4.78, 5) is 18.3. The molecule has 2 heterocycles. The molecule has 3 aliphatic rings. The Bertz CT molecular complexity index is 1180. The van der Waals surface area contributed by atoms with Gasteiger partial charge in [-0.2, -0.15) is 4.98 Å². The van der Waals surface area contributed by atoms with Crippen molar-refractivity contribution in [1.29, 1.82) is 0 Å². The number of likely N-dealkylation sites (tertiary alicyclic amines) is 1. The predicted octanol–water partition coefficient (Wildman–Crippen LogP) is 4.40. The monoisotopic (exact) mass is 486 g/mol. The van der Waals surface area contributed by atoms with E-state index in [1.165, 1.54) is 12.0 Å². The summed E-state index contributed by atoms with van der Waals surface area (Å²) in [7, 11) is 0. The SMILES string of the molecule is O=C(O)c1ccc(CN2CCC(Cc3nc(C4(CN[C@H]5CC5c5ccccc5)CC4)no3)CC2)cc1. The van der Waals surface area contributed by atoms with Gasteiger partial charge in [-0.1, -0.05) is 47.6 Å². The average molecular weight is 487 g/mol. The fourth-order valence-electron chi connectivity index (χ4n) is 5.61. The Kier molecular flexibility index (Phi) is 6.36. The van der Waals surface area contributed by atoms with Gasteiger partial charge in [0, 0.05) is 36.9 Å². The van der Waals surface area contributed by atoms with Gasteiger partial charge in [0.15, 0.2) is 5.82 Å². The van der Waals surface area contributed by atoms with Crippen molar-refractivity contribution < 1.29 is 14.4 Å². The van der Waals surface area contributed by atoms with E-state index in [1.54, 1.807) is 12.1 Å². The minimum Gasteiger partial charge on any atom is -0.478 e. The number of nitrogens with zero attached hydrogens (tertiary/aromatic N) is 3. The van der Waals surface area contributed by atoms with Gasteiger partial charge in [0.2, 0.25) is 5.89 Å². The van der Waals surface area contributed by atoms with Gasteiger partial charge in [0.05, 0.1) is 5.56 Å². The number of aromatic nitrogens is 2. The number of aromatic carboxylic acids is 1. The Morgan fingerprint density at radius 1 is 1.08 bits per heavy atom. The summed E-state index contributed by atoms with van der Waals surface area (Å²) < 4.78 is 5.71. The molecule has 1 aliphatic heterocycles. The Labute approximate surface area is 211 Å². The number of benzene rings is 2. The van der Waals surface area contributed by atoms with E-state index < -0.39 is 5.97 Å². The molecule has 2 aliphatic carbocycles. The second kappa shape index (κ2) is 9.79. The summed E-state index contributed by atoms with van der Waals surface area (Å²) in [5.41, 5.74) is 2.99. The lowest BCUT2D eigenvalue weighted by molar-refractivity contribution is 0.0697. The molecule has 1 saturated heterocycles. The molecule has 0 radical (unpaired) electrons. The molecule has 36 heavy (non-hydrogen) atoms. The fourth-order valence-corrected chi connectivity index (χ4v) is 5.61. The molecule has 1 unspecified atom stereocenters. The molecule has 2 atom stereocenters. The first-order valence-electron chi connectivity index (χ1n) is 13.2. The molecule has 3 aromatic rings. The molecule has 0 bridgehead atoms. The normalized spacial score (nSPS) is 23.4. The van der Waals surface area contributed by atoms with Crippen LogP contribution in [0.25, 0.3) is 0 Å². The molecule has 0 amide bonds. The maximum atomic E-state index is 11.0. The van der Waals surface area contributed by atoms with E-state index in [0.717, 1.165) is 75.6 Å². The summed E-state index contributed by atoms with van der Waals surface area (Å²) in [6, 6.07) is 18.6. The van der Waals surface area contributed by atoms with Crippen LogP contribution >= 0.6 is 0 Å². The summed E-state index contributed by atoms with van der Waals surface area (Å²) in [6.45, 7) is 3.86. The predicted molar refractivity (Wildman–Crippen MR) is 136 cm³/mol. The number of rotatable bonds is 10. The third-order valence-electron chi connectivity index (χ3n) is 8.29. The number of hydrogen-bond acceptors (Lipinski definition) is 6. The van der Waals surface area contributed by atoms with E-state index >= 15 is 0 Å². The summed E-state index contributed by atoms with van der Waals surface area (Å²) in [6.07, 6.45) is 6.56. The summed E-state index contributed by atoms with van der Waals surface area (Å²) in [5, 5.41) is 17.2. The van der Waals surface area contributed by atoms with Crippen LogP contribution in [0.15, 0.2) is 59.1 Å². The van der Waals surface area contributed by atoms with E-state index in [0.29, 0.717) is 23.4 Å². The highest BCUT2D eigenvalue weighted by Gasteiger charge is 2.50. The van der Waals surface area contributed by atoms with Gasteiger partial charge in [0.25, 0.3) is 0 Å². The minimum absolute atomic E-state index is 0.0606. The van der Waals surface area contributed by atoms with Crippen LogP contribution in [0.3, 0.4) is 0 Å². The third-order valence-corrected chi connectivity index (χ3v) is 8.29. The highest BCUT2D eigenvalue weighted by atomic mass is 16.5. The van der Waals surface area contributed by atoms with Crippen molar-refractivity contribution in [3.05, 3.63) is 83.0 Å². The zero-order valence-electron chi connectivity index (χ0n) is 20.6. The number of piperidine rings is 1. The van der Waals surface area contributed by atoms with Crippen LogP contribution in [0.2, 0.25) is 0 Å². The van der Waals surface area contributed by atoms with Gasteiger partial charge in [-0.15, -0.1) is 0 Å². The Balaban J connectivity index is 0.958. The van der Waals surface area contributed by atoms with E-state index in [9.17, 15) is 4.79 Å². The lowest BCUT2D eigenvalue weighted by Gasteiger charge is -2.31. The average Bonchev–Trinajstić information content (AvgIpc) is 3.82. The standard InChI is InChI=1S/C29H34N4O3/c34-27(35)23-8-6-21(7-9-23)18-33-14-10-20(11-15-33)16-26-31-28(32-36-26)29(12-13-29)19-30-25-17-24(25)22-4-2-1-3-5-22/h1-9,20,24-25,30H,10-19H2,(H,34,35)/t24?,25-/m0/s1. The molecule has 2 saturated carbocycles. The number of carboxylic acids is 1. The highest BCUT2D eigenvalue weighted by molar-refractivity contribution is 5.87. The van der Waals surface area contributed by atoms with Crippen LogP contribution in [-0.2, 0) is 18.4 Å². The van der Waals surface area contributed by atoms with E-state index in [4.69, 9.17) is 14.6 Å². The molecular formula is C29H34N4O3. The molecule has 7 nitrogen and oxygen atoms in total. The smallest absolute Gasteiger partial charge is 0.335 e. The van der Waals surface area contributed by atoms with Gasteiger partial charge in [-0.3, -0.25) is 4.90 Å². The number of nitrogens with one attached hydrogen (secondary N) is 1. The Hall–Kier alpha value is -3.03. The minimum atomic E-state index is -0.880. The largest absolute Gasteiger partial charge is 0.478 e. The molecule has 3 fully saturated rings. The molecule has 7 heteroatoms. The van der Waals surface area contributed by atoms with Crippen LogP contribution in [-0.4, -0.2) is 51.8 Å². The zero-order chi connectivity index (χ0) is 24.5. The lowest BCUT2D eigenvalue weighted by Crippen LogP contribution is -2.34. The first kappa shape index (κ1) is 23.4. The van der Waals surface area contributed by atoms with Crippen molar-refractivity contribution >= 4 is 5.97 Å². The molecule has 0 spiro atoms. The maximum absolute atomic E-state index is 11.0. The van der Waals surface area contributed by atoms with Crippen molar-refractivity contribution in [3.8, 4) is 0 Å². The van der Waals surface area contributed by atoms with Crippen molar-refractivity contribution in [2.24, 2.45) is 5.92 Å². The van der Waals surface area contributed by atoms with Crippen molar-refractivity contribution in [1.82, 2.24) is 20.4 Å². The third kappa shape index (κ3) is 5.22. The van der Waals surface area contributed by atoms with Crippen molar-refractivity contribution in [3.63, 3.8) is 0 Å². The molecule has 1 aromatic heterocycles. The summed E-state index contributed by atoms with van der Waals surface area (Å²) >= 11 is 0. The first-order chi connectivity index (χ1) is 17.6. The lowest BCUT2D eigenvalue weighted by atomic mass is 9.93. The molecule has 6 rings (SSSR count). The molecule has 188 valence electrons. The Morgan fingerprint density at radius 2 is 1.83 bits per heavy atom. The highest BCUT2D eigenvalue weighted by Crippen LogP contribution is 2.48. The van der Waals surface area contributed by atoms with Crippen LogP contribution < -0.4 is 5.32 Å². The number of carbonyl (C=O) groups is 1. The molecular weight excluding hydrogens is 452 g/mol. The van der Waals surface area contributed by atoms with Gasteiger partial charge < -0.3 is 14.9 Å². The second-order valence-corrected chi connectivity index (χ2v) is 11.0. The maximum Gasteiger partial charge on any atom is 0.335 e. The van der Waals surface area contributed by atoms with Crippen molar-refractivity contribution in [2.45, 2.75) is 62.4 Å². The molecule has 2 N–H and O–H groups in total. The summed E-state index contributed by atoms with van der Waals surface area (Å²) in [5.74, 6) is 2.00. The van der Waals surface area contributed by atoms with E-state index in [1.807, 2.05) is 12.1 Å². The van der Waals surface area contributed by atoms with E-state index in [2.05, 4.69) is 45.7 Å². The van der Waals surface area contributed by atoms with Gasteiger partial charge in [0.1, 0.15) is 0 Å². The zero-order valence-corrected chi connectivity index (χ0v) is 20.6. The van der Waals surface area contributed by atoms with Crippen LogP contribution in [0.4, 0.5) is 0 Å². The van der Waals surface area contributed by atoms with Gasteiger partial charge in [-0.05, 0) is 74.4 Å². The van der Waals surface area contributed by atoms with Crippen molar-refractivity contribution in [2.75, 3.05) is 19.6 Å².